The van der Waals surface area contributed by atoms with Gasteiger partial charge in [-0.05, 0) is 48.2 Å². The molecule has 2 aromatic carbocycles. The van der Waals surface area contributed by atoms with E-state index in [2.05, 4.69) is 0 Å². The third-order valence-electron chi connectivity index (χ3n) is 4.81. The fourth-order valence-corrected chi connectivity index (χ4v) is 3.89. The Hall–Kier alpha value is -2.41. The monoisotopic (exact) mass is 405 g/mol. The predicted octanol–water partition coefficient (Wildman–Crippen LogP) is 3.68. The van der Waals surface area contributed by atoms with Gasteiger partial charge in [0.05, 0.1) is 4.90 Å². The Labute approximate surface area is 165 Å². The van der Waals surface area contributed by atoms with E-state index in [1.165, 1.54) is 24.3 Å². The van der Waals surface area contributed by atoms with E-state index in [9.17, 15) is 17.6 Å². The van der Waals surface area contributed by atoms with E-state index in [-0.39, 0.29) is 23.2 Å². The second kappa shape index (κ2) is 8.73. The number of carbonyl (C=O) groups excluding carboxylic acids is 1. The van der Waals surface area contributed by atoms with Crippen LogP contribution in [-0.4, -0.2) is 45.2 Å². The van der Waals surface area contributed by atoms with Gasteiger partial charge >= 0.3 is 0 Å². The Morgan fingerprint density at radius 3 is 2.25 bits per heavy atom. The number of rotatable bonds is 5. The molecule has 3 rings (SSSR count). The van der Waals surface area contributed by atoms with Gasteiger partial charge in [0, 0.05) is 25.4 Å². The zero-order valence-corrected chi connectivity index (χ0v) is 16.7. The number of hydrogen-bond acceptors (Lipinski definition) is 4. The lowest BCUT2D eigenvalue weighted by atomic mass is 10.1. The number of likely N-dealkylation sites (tertiary alicyclic amines) is 1. The van der Waals surface area contributed by atoms with Crippen LogP contribution in [0.4, 0.5) is 4.39 Å². The number of halogens is 1. The van der Waals surface area contributed by atoms with Crippen molar-refractivity contribution in [2.45, 2.75) is 30.6 Å². The molecule has 1 heterocycles. The second-order valence-corrected chi connectivity index (χ2v) is 9.07. The number of amides is 1. The molecule has 0 saturated carbocycles. The first-order valence-corrected chi connectivity index (χ1v) is 11.2. The van der Waals surface area contributed by atoms with Gasteiger partial charge in [0.1, 0.15) is 11.6 Å². The molecule has 5 nitrogen and oxygen atoms in total. The van der Waals surface area contributed by atoms with Crippen molar-refractivity contribution in [3.05, 3.63) is 48.3 Å². The van der Waals surface area contributed by atoms with Crippen LogP contribution in [0.15, 0.2) is 47.4 Å². The summed E-state index contributed by atoms with van der Waals surface area (Å²) in [5.74, 6) is -0.308. The molecule has 1 aliphatic heterocycles. The van der Waals surface area contributed by atoms with Gasteiger partial charge in [-0.2, -0.15) is 0 Å². The van der Waals surface area contributed by atoms with Crippen LogP contribution < -0.4 is 4.74 Å². The van der Waals surface area contributed by atoms with Crippen molar-refractivity contribution in [2.24, 2.45) is 0 Å². The highest BCUT2D eigenvalue weighted by Crippen LogP contribution is 2.27. The summed E-state index contributed by atoms with van der Waals surface area (Å²) in [5, 5.41) is 0. The number of ether oxygens (including phenoxy) is 1. The summed E-state index contributed by atoms with van der Waals surface area (Å²) < 4.78 is 42.7. The molecule has 0 spiro atoms. The van der Waals surface area contributed by atoms with Crippen molar-refractivity contribution in [3.8, 4) is 16.9 Å². The molecule has 0 aromatic heterocycles. The zero-order chi connectivity index (χ0) is 20.1. The van der Waals surface area contributed by atoms with Gasteiger partial charge in [-0.1, -0.05) is 25.0 Å². The quantitative estimate of drug-likeness (QED) is 0.761. The average molecular weight is 405 g/mol. The van der Waals surface area contributed by atoms with Gasteiger partial charge in [-0.25, -0.2) is 12.8 Å². The maximum Gasteiger partial charge on any atom is 0.260 e. The minimum Gasteiger partial charge on any atom is -0.484 e. The molecule has 0 atom stereocenters. The SMILES string of the molecule is CS(=O)(=O)c1ccc(-c2cc(F)cc(OCC(=O)N3CCCCCC3)c2)cc1. The Bertz CT molecular complexity index is 933. The van der Waals surface area contributed by atoms with Crippen molar-refractivity contribution in [1.82, 2.24) is 4.90 Å². The number of carbonyl (C=O) groups is 1. The van der Waals surface area contributed by atoms with Crippen molar-refractivity contribution in [1.29, 1.82) is 0 Å². The van der Waals surface area contributed by atoms with E-state index in [0.717, 1.165) is 45.0 Å². The average Bonchev–Trinajstić information content (AvgIpc) is 2.95. The number of benzene rings is 2. The maximum absolute atomic E-state index is 14.0. The molecule has 1 saturated heterocycles. The van der Waals surface area contributed by atoms with E-state index in [0.29, 0.717) is 11.1 Å². The minimum absolute atomic E-state index is 0.0924. The molecular weight excluding hydrogens is 381 g/mol. The third kappa shape index (κ3) is 5.32. The van der Waals surface area contributed by atoms with Gasteiger partial charge in [0.15, 0.2) is 16.4 Å². The van der Waals surface area contributed by atoms with Crippen molar-refractivity contribution >= 4 is 15.7 Å². The highest BCUT2D eigenvalue weighted by Gasteiger charge is 2.16. The van der Waals surface area contributed by atoms with Crippen LogP contribution in [0.5, 0.6) is 5.75 Å². The van der Waals surface area contributed by atoms with Crippen molar-refractivity contribution in [3.63, 3.8) is 0 Å². The van der Waals surface area contributed by atoms with Gasteiger partial charge in [-0.15, -0.1) is 0 Å². The topological polar surface area (TPSA) is 63.7 Å². The number of sulfone groups is 1. The summed E-state index contributed by atoms with van der Waals surface area (Å²) in [4.78, 5) is 14.3. The van der Waals surface area contributed by atoms with E-state index >= 15 is 0 Å². The molecule has 0 N–H and O–H groups in total. The van der Waals surface area contributed by atoms with Crippen molar-refractivity contribution in [2.75, 3.05) is 26.0 Å². The smallest absolute Gasteiger partial charge is 0.260 e. The van der Waals surface area contributed by atoms with E-state index in [1.807, 2.05) is 0 Å². The van der Waals surface area contributed by atoms with Crippen LogP contribution in [0.2, 0.25) is 0 Å². The molecule has 28 heavy (non-hydrogen) atoms. The van der Waals surface area contributed by atoms with Gasteiger partial charge in [-0.3, -0.25) is 4.79 Å². The Kier molecular flexibility index (Phi) is 6.34. The van der Waals surface area contributed by atoms with Gasteiger partial charge in [0.2, 0.25) is 0 Å². The summed E-state index contributed by atoms with van der Waals surface area (Å²) in [6.07, 6.45) is 5.40. The molecule has 0 radical (unpaired) electrons. The second-order valence-electron chi connectivity index (χ2n) is 7.06. The van der Waals surface area contributed by atoms with Crippen LogP contribution in [0, 0.1) is 5.82 Å². The zero-order valence-electron chi connectivity index (χ0n) is 15.9. The van der Waals surface area contributed by atoms with Crippen LogP contribution in [0.25, 0.3) is 11.1 Å². The highest BCUT2D eigenvalue weighted by atomic mass is 32.2. The number of nitrogens with zero attached hydrogens (tertiary/aromatic N) is 1. The molecular formula is C21H24FNO4S. The fourth-order valence-electron chi connectivity index (χ4n) is 3.26. The van der Waals surface area contributed by atoms with Crippen LogP contribution in [-0.2, 0) is 14.6 Å². The Balaban J connectivity index is 1.71. The fraction of sp³-hybridized carbons (Fsp3) is 0.381. The van der Waals surface area contributed by atoms with Gasteiger partial charge < -0.3 is 9.64 Å². The van der Waals surface area contributed by atoms with Crippen LogP contribution >= 0.6 is 0 Å². The molecule has 0 bridgehead atoms. The predicted molar refractivity (Wildman–Crippen MR) is 105 cm³/mol. The molecule has 150 valence electrons. The summed E-state index contributed by atoms with van der Waals surface area (Å²) in [5.41, 5.74) is 1.22. The molecule has 1 amide bonds. The molecule has 7 heteroatoms. The summed E-state index contributed by atoms with van der Waals surface area (Å²) in [6, 6.07) is 10.4. The normalized spacial score (nSPS) is 15.1. The molecule has 1 fully saturated rings. The summed E-state index contributed by atoms with van der Waals surface area (Å²) in [7, 11) is -3.29. The Morgan fingerprint density at radius 2 is 1.64 bits per heavy atom. The van der Waals surface area contributed by atoms with Crippen LogP contribution in [0.3, 0.4) is 0 Å². The molecule has 2 aromatic rings. The Morgan fingerprint density at radius 1 is 1.00 bits per heavy atom. The molecule has 0 unspecified atom stereocenters. The van der Waals surface area contributed by atoms with E-state index < -0.39 is 15.7 Å². The third-order valence-corrected chi connectivity index (χ3v) is 5.94. The molecule has 1 aliphatic rings. The lowest BCUT2D eigenvalue weighted by Gasteiger charge is -2.20. The van der Waals surface area contributed by atoms with Gasteiger partial charge in [0.25, 0.3) is 5.91 Å². The lowest BCUT2D eigenvalue weighted by molar-refractivity contribution is -0.133. The first-order valence-electron chi connectivity index (χ1n) is 9.34. The number of hydrogen-bond donors (Lipinski definition) is 0. The van der Waals surface area contributed by atoms with Crippen molar-refractivity contribution < 1.29 is 22.3 Å². The minimum atomic E-state index is -3.29. The lowest BCUT2D eigenvalue weighted by Crippen LogP contribution is -2.35. The van der Waals surface area contributed by atoms with E-state index in [1.54, 1.807) is 23.1 Å². The first kappa shape index (κ1) is 20.3. The highest BCUT2D eigenvalue weighted by molar-refractivity contribution is 7.90. The van der Waals surface area contributed by atoms with Crippen LogP contribution in [0.1, 0.15) is 25.7 Å². The summed E-state index contributed by atoms with van der Waals surface area (Å²) >= 11 is 0. The standard InChI is InChI=1S/C21H24FNO4S/c1-28(25,26)20-8-6-16(7-9-20)17-12-18(22)14-19(13-17)27-15-21(24)23-10-4-2-3-5-11-23/h6-9,12-14H,2-5,10-11,15H2,1H3. The first-order chi connectivity index (χ1) is 13.3. The van der Waals surface area contributed by atoms with E-state index in [4.69, 9.17) is 4.74 Å². The molecule has 0 aliphatic carbocycles. The maximum atomic E-state index is 14.0. The largest absolute Gasteiger partial charge is 0.484 e. The summed E-state index contributed by atoms with van der Waals surface area (Å²) in [6.45, 7) is 1.35.